The first-order valence-corrected chi connectivity index (χ1v) is 12.2. The van der Waals surface area contributed by atoms with Crippen LogP contribution in [0.25, 0.3) is 12.2 Å². The number of rotatable bonds is 11. The Morgan fingerprint density at radius 3 is 1.67 bits per heavy atom. The van der Waals surface area contributed by atoms with Gasteiger partial charge in [0.15, 0.2) is 23.0 Å². The third-order valence-electron chi connectivity index (χ3n) is 5.25. The fourth-order valence-corrected chi connectivity index (χ4v) is 4.61. The van der Waals surface area contributed by atoms with Gasteiger partial charge in [0, 0.05) is 6.07 Å². The lowest BCUT2D eigenvalue weighted by molar-refractivity contribution is 0.324. The second kappa shape index (κ2) is 11.6. The van der Waals surface area contributed by atoms with Crippen molar-refractivity contribution < 1.29 is 36.8 Å². The Hall–Kier alpha value is -4.05. The predicted molar refractivity (Wildman–Crippen MR) is 138 cm³/mol. The van der Waals surface area contributed by atoms with Crippen LogP contribution in [0.1, 0.15) is 11.1 Å². The average Bonchev–Trinajstić information content (AvgIpc) is 2.90. The van der Waals surface area contributed by atoms with Gasteiger partial charge in [0.1, 0.15) is 5.75 Å². The quantitative estimate of drug-likeness (QED) is 0.367. The lowest BCUT2D eigenvalue weighted by Crippen LogP contribution is -2.14. The maximum atomic E-state index is 13.1. The summed E-state index contributed by atoms with van der Waals surface area (Å²) in [5.74, 6) is 2.52. The highest BCUT2D eigenvalue weighted by atomic mass is 32.2. The van der Waals surface area contributed by atoms with E-state index < -0.39 is 10.0 Å². The Morgan fingerprint density at radius 2 is 1.17 bits per heavy atom. The molecule has 192 valence electrons. The molecular weight excluding hydrogens is 486 g/mol. The van der Waals surface area contributed by atoms with Crippen molar-refractivity contribution in [3.05, 3.63) is 59.7 Å². The molecule has 0 bridgehead atoms. The molecule has 10 heteroatoms. The summed E-state index contributed by atoms with van der Waals surface area (Å²) in [6.07, 6.45) is 3.62. The van der Waals surface area contributed by atoms with Crippen molar-refractivity contribution in [3.63, 3.8) is 0 Å². The van der Waals surface area contributed by atoms with E-state index in [9.17, 15) is 8.42 Å². The number of ether oxygens (including phenoxy) is 6. The minimum atomic E-state index is -3.95. The Kier molecular flexibility index (Phi) is 8.55. The van der Waals surface area contributed by atoms with Crippen LogP contribution < -0.4 is 33.1 Å². The minimum absolute atomic E-state index is 0.0428. The van der Waals surface area contributed by atoms with Crippen molar-refractivity contribution in [2.24, 2.45) is 0 Å². The van der Waals surface area contributed by atoms with E-state index in [0.29, 0.717) is 34.3 Å². The number of hydrogen-bond donors (Lipinski definition) is 1. The second-order valence-electron chi connectivity index (χ2n) is 7.38. The van der Waals surface area contributed by atoms with E-state index in [1.807, 2.05) is 6.08 Å². The SMILES string of the molecule is COc1cccc(S(=O)(=O)Nc2cc(/C=C\c3cc(OC)c(OC)c(OC)c3)cc(OC)c2OC)c1. The van der Waals surface area contributed by atoms with Crippen LogP contribution >= 0.6 is 0 Å². The van der Waals surface area contributed by atoms with E-state index >= 15 is 0 Å². The van der Waals surface area contributed by atoms with Crippen LogP contribution in [-0.2, 0) is 10.0 Å². The number of anilines is 1. The van der Waals surface area contributed by atoms with Gasteiger partial charge in [-0.15, -0.1) is 0 Å². The molecule has 0 aliphatic carbocycles. The highest BCUT2D eigenvalue weighted by Gasteiger charge is 2.20. The van der Waals surface area contributed by atoms with Crippen LogP contribution in [0.5, 0.6) is 34.5 Å². The first-order chi connectivity index (χ1) is 17.3. The van der Waals surface area contributed by atoms with Gasteiger partial charge in [0.05, 0.1) is 53.2 Å². The monoisotopic (exact) mass is 515 g/mol. The summed E-state index contributed by atoms with van der Waals surface area (Å²) >= 11 is 0. The summed E-state index contributed by atoms with van der Waals surface area (Å²) in [5.41, 5.74) is 1.65. The van der Waals surface area contributed by atoms with Crippen molar-refractivity contribution in [3.8, 4) is 34.5 Å². The molecule has 1 N–H and O–H groups in total. The maximum absolute atomic E-state index is 13.1. The molecular formula is C26H29NO8S. The molecule has 0 saturated carbocycles. The Morgan fingerprint density at radius 1 is 0.639 bits per heavy atom. The summed E-state index contributed by atoms with van der Waals surface area (Å²) in [4.78, 5) is 0.0428. The van der Waals surface area contributed by atoms with E-state index in [2.05, 4.69) is 4.72 Å². The molecule has 0 aliphatic heterocycles. The predicted octanol–water partition coefficient (Wildman–Crippen LogP) is 4.71. The van der Waals surface area contributed by atoms with E-state index in [4.69, 9.17) is 28.4 Å². The fourth-order valence-electron chi connectivity index (χ4n) is 3.52. The van der Waals surface area contributed by atoms with Crippen LogP contribution in [0.3, 0.4) is 0 Å². The van der Waals surface area contributed by atoms with Crippen molar-refractivity contribution in [1.29, 1.82) is 0 Å². The van der Waals surface area contributed by atoms with Crippen molar-refractivity contribution in [2.75, 3.05) is 47.4 Å². The van der Waals surface area contributed by atoms with Crippen molar-refractivity contribution in [1.82, 2.24) is 0 Å². The standard InChI is InChI=1S/C26H29NO8S/c1-30-19-8-7-9-20(16-19)36(28,29)27-21-12-17(13-22(31-2)25(21)34-5)10-11-18-14-23(32-3)26(35-6)24(15-18)33-4/h7-16,27H,1-6H3/b11-10-. The van der Waals surface area contributed by atoms with Crippen LogP contribution in [0.4, 0.5) is 5.69 Å². The smallest absolute Gasteiger partial charge is 0.262 e. The lowest BCUT2D eigenvalue weighted by atomic mass is 10.1. The Balaban J connectivity index is 2.03. The highest BCUT2D eigenvalue weighted by Crippen LogP contribution is 2.40. The zero-order valence-electron chi connectivity index (χ0n) is 20.9. The maximum Gasteiger partial charge on any atom is 0.262 e. The van der Waals surface area contributed by atoms with Crippen LogP contribution in [0, 0.1) is 0 Å². The fraction of sp³-hybridized carbons (Fsp3) is 0.231. The lowest BCUT2D eigenvalue weighted by Gasteiger charge is -2.16. The van der Waals surface area contributed by atoms with Gasteiger partial charge in [-0.25, -0.2) is 8.42 Å². The number of sulfonamides is 1. The van der Waals surface area contributed by atoms with Gasteiger partial charge in [0.2, 0.25) is 5.75 Å². The summed E-state index contributed by atoms with van der Waals surface area (Å²) in [5, 5.41) is 0. The molecule has 0 radical (unpaired) electrons. The third-order valence-corrected chi connectivity index (χ3v) is 6.62. The summed E-state index contributed by atoms with van der Waals surface area (Å²) in [7, 11) is 5.05. The first kappa shape index (κ1) is 26.6. The van der Waals surface area contributed by atoms with E-state index in [1.54, 1.807) is 56.7 Å². The van der Waals surface area contributed by atoms with Crippen LogP contribution in [0.2, 0.25) is 0 Å². The molecule has 3 aromatic carbocycles. The normalized spacial score (nSPS) is 11.2. The number of benzene rings is 3. The number of nitrogens with one attached hydrogen (secondary N) is 1. The van der Waals surface area contributed by atoms with E-state index in [-0.39, 0.29) is 16.3 Å². The van der Waals surface area contributed by atoms with Gasteiger partial charge in [-0.1, -0.05) is 18.2 Å². The number of methoxy groups -OCH3 is 6. The molecule has 3 rings (SSSR count). The molecule has 0 unspecified atom stereocenters. The van der Waals surface area contributed by atoms with Gasteiger partial charge >= 0.3 is 0 Å². The van der Waals surface area contributed by atoms with E-state index in [0.717, 1.165) is 5.56 Å². The molecule has 9 nitrogen and oxygen atoms in total. The van der Waals surface area contributed by atoms with Crippen molar-refractivity contribution >= 4 is 27.9 Å². The average molecular weight is 516 g/mol. The minimum Gasteiger partial charge on any atom is -0.497 e. The molecule has 0 amide bonds. The van der Waals surface area contributed by atoms with Crippen LogP contribution in [-0.4, -0.2) is 51.1 Å². The van der Waals surface area contributed by atoms with Crippen LogP contribution in [0.15, 0.2) is 53.4 Å². The summed E-state index contributed by atoms with van der Waals surface area (Å²) < 4.78 is 61.1. The highest BCUT2D eigenvalue weighted by molar-refractivity contribution is 7.92. The largest absolute Gasteiger partial charge is 0.497 e. The molecule has 0 atom stereocenters. The van der Waals surface area contributed by atoms with Gasteiger partial charge in [0.25, 0.3) is 10.0 Å². The third kappa shape index (κ3) is 5.77. The Labute approximate surface area is 211 Å². The van der Waals surface area contributed by atoms with Gasteiger partial charge < -0.3 is 28.4 Å². The molecule has 0 saturated heterocycles. The van der Waals surface area contributed by atoms with Gasteiger partial charge in [-0.05, 0) is 47.5 Å². The molecule has 0 heterocycles. The molecule has 0 aliphatic rings. The molecule has 0 fully saturated rings. The second-order valence-corrected chi connectivity index (χ2v) is 9.06. The first-order valence-electron chi connectivity index (χ1n) is 10.7. The Bertz CT molecular complexity index is 1330. The molecule has 36 heavy (non-hydrogen) atoms. The summed E-state index contributed by atoms with van der Waals surface area (Å²) in [6.45, 7) is 0. The van der Waals surface area contributed by atoms with Gasteiger partial charge in [-0.2, -0.15) is 0 Å². The topological polar surface area (TPSA) is 102 Å². The molecule has 0 spiro atoms. The zero-order chi connectivity index (χ0) is 26.3. The van der Waals surface area contributed by atoms with Gasteiger partial charge in [-0.3, -0.25) is 4.72 Å². The van der Waals surface area contributed by atoms with E-state index in [1.165, 1.54) is 40.6 Å². The zero-order valence-corrected chi connectivity index (χ0v) is 21.8. The van der Waals surface area contributed by atoms with Crippen molar-refractivity contribution in [2.45, 2.75) is 4.90 Å². The number of hydrogen-bond acceptors (Lipinski definition) is 8. The molecule has 0 aromatic heterocycles. The summed E-state index contributed by atoms with van der Waals surface area (Å²) in [6, 6.07) is 13.1. The molecule has 3 aromatic rings.